The lowest BCUT2D eigenvalue weighted by molar-refractivity contribution is 0.483. The third-order valence-electron chi connectivity index (χ3n) is 6.85. The van der Waals surface area contributed by atoms with Crippen molar-refractivity contribution >= 4 is 56.5 Å². The summed E-state index contributed by atoms with van der Waals surface area (Å²) in [6.45, 7) is 0. The van der Waals surface area contributed by atoms with Crippen LogP contribution in [-0.2, 0) is 10.1 Å². The van der Waals surface area contributed by atoms with Gasteiger partial charge in [0.2, 0.25) is 0 Å². The summed E-state index contributed by atoms with van der Waals surface area (Å²) in [5, 5.41) is 0. The minimum atomic E-state index is -4.32. The normalized spacial score (nSPS) is 12.6. The van der Waals surface area contributed by atoms with Gasteiger partial charge >= 0.3 is 0 Å². The molecule has 40 heavy (non-hydrogen) atoms. The zero-order valence-electron chi connectivity index (χ0n) is 21.0. The highest BCUT2D eigenvalue weighted by Gasteiger charge is 2.18. The molecule has 8 bridgehead atoms. The van der Waals surface area contributed by atoms with E-state index in [0.29, 0.717) is 0 Å². The van der Waals surface area contributed by atoms with E-state index in [2.05, 4.69) is 9.97 Å². The van der Waals surface area contributed by atoms with Gasteiger partial charge in [0.05, 0.1) is 27.7 Å². The molecule has 0 spiro atoms. The van der Waals surface area contributed by atoms with Crippen molar-refractivity contribution < 1.29 is 13.0 Å². The molecule has 5 heterocycles. The van der Waals surface area contributed by atoms with Gasteiger partial charge in [-0.1, -0.05) is 42.5 Å². The quantitative estimate of drug-likeness (QED) is 0.204. The smallest absolute Gasteiger partial charge is 0.294 e. The second-order valence-corrected chi connectivity index (χ2v) is 11.0. The lowest BCUT2D eigenvalue weighted by Gasteiger charge is -2.07. The fourth-order valence-electron chi connectivity index (χ4n) is 5.08. The third-order valence-corrected chi connectivity index (χ3v) is 7.72. The number of fused-ring (bicyclic) bond motifs is 8. The zero-order valence-corrected chi connectivity index (χ0v) is 21.9. The topological polar surface area (TPSA) is 112 Å². The van der Waals surface area contributed by atoms with Crippen molar-refractivity contribution in [2.45, 2.75) is 4.90 Å². The van der Waals surface area contributed by atoms with Gasteiger partial charge in [0.15, 0.2) is 0 Å². The molecule has 2 aliphatic rings. The molecule has 0 unspecified atom stereocenters. The summed E-state index contributed by atoms with van der Waals surface area (Å²) < 4.78 is 33.0. The fraction of sp³-hybridized carbons (Fsp3) is 0. The van der Waals surface area contributed by atoms with Gasteiger partial charge in [-0.15, -0.1) is 0 Å². The van der Waals surface area contributed by atoms with Crippen LogP contribution in [0.5, 0.6) is 0 Å². The van der Waals surface area contributed by atoms with Crippen LogP contribution in [0, 0.1) is 0 Å². The molecule has 3 N–H and O–H groups in total. The molecular formula is C32H22N4O3S. The molecule has 0 radical (unpaired) electrons. The van der Waals surface area contributed by atoms with Crippen molar-refractivity contribution in [1.29, 1.82) is 0 Å². The van der Waals surface area contributed by atoms with Gasteiger partial charge < -0.3 is 9.97 Å². The highest BCUT2D eigenvalue weighted by Crippen LogP contribution is 2.40. The Morgan fingerprint density at radius 3 is 1.52 bits per heavy atom. The summed E-state index contributed by atoms with van der Waals surface area (Å²) in [7, 11) is -4.32. The molecule has 7 nitrogen and oxygen atoms in total. The minimum absolute atomic E-state index is 0.161. The van der Waals surface area contributed by atoms with E-state index in [1.807, 2.05) is 91.0 Å². The molecule has 0 amide bonds. The van der Waals surface area contributed by atoms with Crippen LogP contribution in [0.15, 0.2) is 95.9 Å². The van der Waals surface area contributed by atoms with E-state index in [1.165, 1.54) is 12.1 Å². The molecule has 0 saturated carbocycles. The molecule has 194 valence electrons. The number of H-pyrrole nitrogens is 2. The number of nitrogens with zero attached hydrogens (tertiary/aromatic N) is 2. The van der Waals surface area contributed by atoms with Crippen molar-refractivity contribution in [2.24, 2.45) is 0 Å². The van der Waals surface area contributed by atoms with Gasteiger partial charge in [-0.2, -0.15) is 8.42 Å². The number of benzene rings is 2. The van der Waals surface area contributed by atoms with E-state index in [1.54, 1.807) is 12.1 Å². The maximum atomic E-state index is 11.7. The second kappa shape index (κ2) is 9.30. The Hall–Kier alpha value is -5.05. The molecule has 0 atom stereocenters. The minimum Gasteiger partial charge on any atom is -0.355 e. The Kier molecular flexibility index (Phi) is 5.59. The molecular weight excluding hydrogens is 520 g/mol. The average Bonchev–Trinajstić information content (AvgIpc) is 3.73. The van der Waals surface area contributed by atoms with Gasteiger partial charge in [-0.05, 0) is 84.0 Å². The van der Waals surface area contributed by atoms with E-state index < -0.39 is 10.1 Å². The van der Waals surface area contributed by atoms with Gasteiger partial charge in [0.1, 0.15) is 0 Å². The van der Waals surface area contributed by atoms with Crippen molar-refractivity contribution in [1.82, 2.24) is 19.9 Å². The van der Waals surface area contributed by atoms with E-state index in [4.69, 9.17) is 9.97 Å². The molecule has 2 aromatic carbocycles. The lowest BCUT2D eigenvalue weighted by Crippen LogP contribution is -1.97. The third kappa shape index (κ3) is 4.55. The van der Waals surface area contributed by atoms with Crippen LogP contribution in [0.4, 0.5) is 0 Å². The summed E-state index contributed by atoms with van der Waals surface area (Å²) in [6.07, 6.45) is 7.88. The highest BCUT2D eigenvalue weighted by atomic mass is 32.2. The van der Waals surface area contributed by atoms with E-state index in [-0.39, 0.29) is 4.90 Å². The van der Waals surface area contributed by atoms with Crippen LogP contribution >= 0.6 is 0 Å². The zero-order chi connectivity index (χ0) is 27.3. The predicted octanol–water partition coefficient (Wildman–Crippen LogP) is 7.24. The maximum absolute atomic E-state index is 11.7. The fourth-order valence-corrected chi connectivity index (χ4v) is 5.56. The van der Waals surface area contributed by atoms with Crippen LogP contribution < -0.4 is 0 Å². The van der Waals surface area contributed by atoms with E-state index >= 15 is 0 Å². The van der Waals surface area contributed by atoms with Crippen LogP contribution in [0.2, 0.25) is 0 Å². The first-order valence-corrected chi connectivity index (χ1v) is 14.1. The van der Waals surface area contributed by atoms with Crippen LogP contribution in [0.25, 0.3) is 68.6 Å². The Morgan fingerprint density at radius 1 is 0.550 bits per heavy atom. The van der Waals surface area contributed by atoms with Crippen molar-refractivity contribution in [3.63, 3.8) is 0 Å². The number of aromatic nitrogens is 4. The summed E-state index contributed by atoms with van der Waals surface area (Å²) in [5.41, 5.74) is 10.4. The number of aromatic amines is 2. The standard InChI is InChI=1S/C32H22N4O3S/c37-40(38,39)28-14-6-21(7-15-28)32-30-19-27-13-11-25(35-27)17-23-9-8-22(33-23)16-24-10-12-26(34-24)18-29(36-30)31(32)20-4-2-1-3-5-20/h1-19,33,36H,(H,37,38,39). The summed E-state index contributed by atoms with van der Waals surface area (Å²) in [4.78, 5) is 16.4. The van der Waals surface area contributed by atoms with Crippen molar-refractivity contribution in [2.75, 3.05) is 0 Å². The summed E-state index contributed by atoms with van der Waals surface area (Å²) in [5.74, 6) is 0. The Labute approximate surface area is 230 Å². The highest BCUT2D eigenvalue weighted by molar-refractivity contribution is 7.85. The first kappa shape index (κ1) is 24.0. The summed E-state index contributed by atoms with van der Waals surface area (Å²) >= 11 is 0. The molecule has 0 fully saturated rings. The number of hydrogen-bond donors (Lipinski definition) is 3. The van der Waals surface area contributed by atoms with E-state index in [0.717, 1.165) is 67.1 Å². The second-order valence-electron chi connectivity index (χ2n) is 9.60. The van der Waals surface area contributed by atoms with Crippen molar-refractivity contribution in [3.8, 4) is 22.3 Å². The molecule has 5 aromatic rings. The number of rotatable bonds is 3. The van der Waals surface area contributed by atoms with Crippen LogP contribution in [0.3, 0.4) is 0 Å². The first-order valence-electron chi connectivity index (χ1n) is 12.6. The molecule has 8 heteroatoms. The predicted molar refractivity (Wildman–Crippen MR) is 160 cm³/mol. The number of hydrogen-bond acceptors (Lipinski definition) is 4. The monoisotopic (exact) mass is 542 g/mol. The Bertz CT molecular complexity index is 2120. The first-order chi connectivity index (χ1) is 19.4. The van der Waals surface area contributed by atoms with Gasteiger partial charge in [0, 0.05) is 33.2 Å². The molecule has 3 aromatic heterocycles. The van der Waals surface area contributed by atoms with Crippen LogP contribution in [0.1, 0.15) is 22.8 Å². The van der Waals surface area contributed by atoms with Crippen molar-refractivity contribution in [3.05, 3.63) is 114 Å². The van der Waals surface area contributed by atoms with E-state index in [9.17, 15) is 13.0 Å². The number of nitrogens with one attached hydrogen (secondary N) is 2. The van der Waals surface area contributed by atoms with Gasteiger partial charge in [-0.25, -0.2) is 9.97 Å². The van der Waals surface area contributed by atoms with Gasteiger partial charge in [-0.3, -0.25) is 4.55 Å². The molecule has 0 saturated heterocycles. The average molecular weight is 543 g/mol. The Morgan fingerprint density at radius 2 is 1.02 bits per heavy atom. The molecule has 7 rings (SSSR count). The SMILES string of the molecule is O=S(=O)(O)c1ccc(-c2c(-c3ccccc3)c3cc4nc(cc5ccc(cc6nc(cc2[nH]3)C=C6)[nH]5)C=C4)cc1. The van der Waals surface area contributed by atoms with Gasteiger partial charge in [0.25, 0.3) is 10.1 Å². The molecule has 2 aliphatic heterocycles. The largest absolute Gasteiger partial charge is 0.355 e. The van der Waals surface area contributed by atoms with Crippen LogP contribution in [-0.4, -0.2) is 32.9 Å². The Balaban J connectivity index is 1.60. The maximum Gasteiger partial charge on any atom is 0.294 e. The molecule has 0 aliphatic carbocycles. The lowest BCUT2D eigenvalue weighted by atomic mass is 9.96. The summed E-state index contributed by atoms with van der Waals surface area (Å²) in [6, 6.07) is 28.2.